The highest BCUT2D eigenvalue weighted by Gasteiger charge is 1.99. The van der Waals surface area contributed by atoms with E-state index in [-0.39, 0.29) is 12.6 Å². The molecule has 0 aliphatic rings. The number of rotatable bonds is 5. The van der Waals surface area contributed by atoms with E-state index in [2.05, 4.69) is 16.4 Å². The monoisotopic (exact) mass is 144 g/mol. The van der Waals surface area contributed by atoms with Crippen LogP contribution in [0.15, 0.2) is 12.7 Å². The summed E-state index contributed by atoms with van der Waals surface area (Å²) in [5, 5.41) is 0. The van der Waals surface area contributed by atoms with Crippen molar-refractivity contribution in [3.63, 3.8) is 0 Å². The SMILES string of the molecule is C=CCOOC(=O)CCC. The van der Waals surface area contributed by atoms with Crippen molar-refractivity contribution in [1.29, 1.82) is 0 Å². The third-order valence-corrected chi connectivity index (χ3v) is 0.792. The van der Waals surface area contributed by atoms with Crippen LogP contribution >= 0.6 is 0 Å². The summed E-state index contributed by atoms with van der Waals surface area (Å²) in [7, 11) is 0. The lowest BCUT2D eigenvalue weighted by molar-refractivity contribution is -0.265. The van der Waals surface area contributed by atoms with Gasteiger partial charge in [0.25, 0.3) is 0 Å². The molecule has 3 nitrogen and oxygen atoms in total. The van der Waals surface area contributed by atoms with Gasteiger partial charge >= 0.3 is 5.97 Å². The first-order valence-corrected chi connectivity index (χ1v) is 3.24. The second-order valence-corrected chi connectivity index (χ2v) is 1.78. The Morgan fingerprint density at radius 2 is 2.40 bits per heavy atom. The molecule has 0 N–H and O–H groups in total. The van der Waals surface area contributed by atoms with E-state index >= 15 is 0 Å². The third-order valence-electron chi connectivity index (χ3n) is 0.792. The van der Waals surface area contributed by atoms with Crippen LogP contribution in [-0.2, 0) is 14.6 Å². The second-order valence-electron chi connectivity index (χ2n) is 1.78. The molecular formula is C7H12O3. The zero-order chi connectivity index (χ0) is 7.82. The van der Waals surface area contributed by atoms with Gasteiger partial charge < -0.3 is 0 Å². The zero-order valence-electron chi connectivity index (χ0n) is 6.13. The molecule has 0 fully saturated rings. The van der Waals surface area contributed by atoms with E-state index in [0.29, 0.717) is 6.42 Å². The summed E-state index contributed by atoms with van der Waals surface area (Å²) in [5.74, 6) is -0.329. The predicted molar refractivity (Wildman–Crippen MR) is 37.1 cm³/mol. The summed E-state index contributed by atoms with van der Waals surface area (Å²) in [6, 6.07) is 0. The Morgan fingerprint density at radius 1 is 1.70 bits per heavy atom. The van der Waals surface area contributed by atoms with Crippen LogP contribution in [0.25, 0.3) is 0 Å². The Labute approximate surface area is 60.6 Å². The molecule has 0 saturated heterocycles. The maximum Gasteiger partial charge on any atom is 0.342 e. The number of hydrogen-bond acceptors (Lipinski definition) is 3. The predicted octanol–water partition coefficient (Wildman–Crippen LogP) is 1.45. The summed E-state index contributed by atoms with van der Waals surface area (Å²) >= 11 is 0. The van der Waals surface area contributed by atoms with Crippen molar-refractivity contribution in [3.8, 4) is 0 Å². The normalized spacial score (nSPS) is 8.90. The van der Waals surface area contributed by atoms with Gasteiger partial charge in [-0.05, 0) is 6.42 Å². The molecule has 10 heavy (non-hydrogen) atoms. The van der Waals surface area contributed by atoms with Crippen molar-refractivity contribution in [2.24, 2.45) is 0 Å². The maximum absolute atomic E-state index is 10.5. The average molecular weight is 144 g/mol. The number of hydrogen-bond donors (Lipinski definition) is 0. The van der Waals surface area contributed by atoms with Crippen LogP contribution in [0, 0.1) is 0 Å². The van der Waals surface area contributed by atoms with Crippen molar-refractivity contribution in [2.45, 2.75) is 19.8 Å². The minimum Gasteiger partial charge on any atom is -0.298 e. The summed E-state index contributed by atoms with van der Waals surface area (Å²) in [4.78, 5) is 19.3. The standard InChI is InChI=1S/C7H12O3/c1-3-5-7(8)10-9-6-4-2/h4H,2-3,5-6H2,1H3. The Bertz CT molecular complexity index is 109. The largest absolute Gasteiger partial charge is 0.342 e. The minimum atomic E-state index is -0.329. The lowest BCUT2D eigenvalue weighted by Crippen LogP contribution is -2.04. The van der Waals surface area contributed by atoms with E-state index in [1.807, 2.05) is 6.92 Å². The molecule has 0 heterocycles. The molecule has 0 aromatic heterocycles. The van der Waals surface area contributed by atoms with Gasteiger partial charge in [0.2, 0.25) is 0 Å². The van der Waals surface area contributed by atoms with Crippen molar-refractivity contribution in [2.75, 3.05) is 6.61 Å². The van der Waals surface area contributed by atoms with E-state index in [1.54, 1.807) is 0 Å². The van der Waals surface area contributed by atoms with Gasteiger partial charge in [-0.15, -0.1) is 6.58 Å². The molecule has 0 spiro atoms. The van der Waals surface area contributed by atoms with Gasteiger partial charge in [-0.25, -0.2) is 4.79 Å². The Balaban J connectivity index is 3.13. The smallest absolute Gasteiger partial charge is 0.298 e. The van der Waals surface area contributed by atoms with Gasteiger partial charge in [-0.2, -0.15) is 4.89 Å². The van der Waals surface area contributed by atoms with Crippen LogP contribution in [0.5, 0.6) is 0 Å². The van der Waals surface area contributed by atoms with E-state index in [1.165, 1.54) is 6.08 Å². The first-order chi connectivity index (χ1) is 4.81. The summed E-state index contributed by atoms with van der Waals surface area (Å²) < 4.78 is 0. The molecule has 0 saturated carbocycles. The Morgan fingerprint density at radius 3 is 2.90 bits per heavy atom. The molecule has 3 heteroatoms. The molecule has 58 valence electrons. The molecule has 0 amide bonds. The van der Waals surface area contributed by atoms with Gasteiger partial charge in [0.05, 0.1) is 0 Å². The summed E-state index contributed by atoms with van der Waals surface area (Å²) in [5.41, 5.74) is 0. The summed E-state index contributed by atoms with van der Waals surface area (Å²) in [6.07, 6.45) is 2.69. The molecule has 0 radical (unpaired) electrons. The average Bonchev–Trinajstić information content (AvgIpc) is 1.89. The number of carbonyl (C=O) groups is 1. The molecule has 0 bridgehead atoms. The molecule has 0 aliphatic heterocycles. The Kier molecular flexibility index (Phi) is 5.77. The molecule has 0 aromatic carbocycles. The lowest BCUT2D eigenvalue weighted by Gasteiger charge is -1.98. The first kappa shape index (κ1) is 9.17. The van der Waals surface area contributed by atoms with Gasteiger partial charge in [-0.1, -0.05) is 13.0 Å². The van der Waals surface area contributed by atoms with Crippen LogP contribution in [-0.4, -0.2) is 12.6 Å². The lowest BCUT2D eigenvalue weighted by atomic mass is 10.3. The highest BCUT2D eigenvalue weighted by Crippen LogP contribution is 1.91. The van der Waals surface area contributed by atoms with Crippen LogP contribution in [0.4, 0.5) is 0 Å². The topological polar surface area (TPSA) is 35.5 Å². The summed E-state index contributed by atoms with van der Waals surface area (Å²) in [6.45, 7) is 5.53. The molecule has 0 atom stereocenters. The van der Waals surface area contributed by atoms with E-state index in [9.17, 15) is 4.79 Å². The van der Waals surface area contributed by atoms with Crippen molar-refractivity contribution >= 4 is 5.97 Å². The van der Waals surface area contributed by atoms with Crippen molar-refractivity contribution in [3.05, 3.63) is 12.7 Å². The van der Waals surface area contributed by atoms with E-state index in [0.717, 1.165) is 6.42 Å². The maximum atomic E-state index is 10.5. The highest BCUT2D eigenvalue weighted by molar-refractivity contribution is 5.68. The fourth-order valence-electron chi connectivity index (χ4n) is 0.394. The third kappa shape index (κ3) is 5.31. The van der Waals surface area contributed by atoms with Crippen LogP contribution in [0.3, 0.4) is 0 Å². The fraction of sp³-hybridized carbons (Fsp3) is 0.571. The van der Waals surface area contributed by atoms with Crippen LogP contribution in [0.1, 0.15) is 19.8 Å². The van der Waals surface area contributed by atoms with Crippen molar-refractivity contribution < 1.29 is 14.6 Å². The second kappa shape index (κ2) is 6.29. The molecule has 0 aromatic rings. The van der Waals surface area contributed by atoms with Crippen LogP contribution < -0.4 is 0 Å². The quantitative estimate of drug-likeness (QED) is 0.253. The molecule has 0 aliphatic carbocycles. The minimum absolute atomic E-state index is 0.245. The highest BCUT2D eigenvalue weighted by atomic mass is 17.2. The molecular weight excluding hydrogens is 132 g/mol. The fourth-order valence-corrected chi connectivity index (χ4v) is 0.394. The zero-order valence-corrected chi connectivity index (χ0v) is 6.13. The van der Waals surface area contributed by atoms with Crippen molar-refractivity contribution in [1.82, 2.24) is 0 Å². The van der Waals surface area contributed by atoms with Gasteiger partial charge in [-0.3, -0.25) is 4.89 Å². The van der Waals surface area contributed by atoms with Gasteiger partial charge in [0, 0.05) is 6.42 Å². The first-order valence-electron chi connectivity index (χ1n) is 3.24. The van der Waals surface area contributed by atoms with E-state index in [4.69, 9.17) is 0 Å². The van der Waals surface area contributed by atoms with E-state index < -0.39 is 0 Å². The Hall–Kier alpha value is -0.830. The number of carbonyl (C=O) groups excluding carboxylic acids is 1. The van der Waals surface area contributed by atoms with Crippen LogP contribution in [0.2, 0.25) is 0 Å². The van der Waals surface area contributed by atoms with Gasteiger partial charge in [0.1, 0.15) is 6.61 Å². The molecule has 0 unspecified atom stereocenters. The molecule has 0 rings (SSSR count). The van der Waals surface area contributed by atoms with Gasteiger partial charge in [0.15, 0.2) is 0 Å².